The van der Waals surface area contributed by atoms with Crippen molar-refractivity contribution in [3.8, 4) is 5.75 Å². The highest BCUT2D eigenvalue weighted by molar-refractivity contribution is 6.21. The van der Waals surface area contributed by atoms with Gasteiger partial charge < -0.3 is 9.64 Å². The van der Waals surface area contributed by atoms with E-state index in [0.717, 1.165) is 24.3 Å². The molecular formula is C15H18ClNO2. The Balaban J connectivity index is 1.67. The van der Waals surface area contributed by atoms with Crippen LogP contribution in [0, 0.1) is 5.92 Å². The zero-order chi connectivity index (χ0) is 13.4. The summed E-state index contributed by atoms with van der Waals surface area (Å²) in [5, 5.41) is 0.0569. The maximum Gasteiger partial charge on any atom is 0.264 e. The summed E-state index contributed by atoms with van der Waals surface area (Å²) in [4.78, 5) is 14.3. The van der Waals surface area contributed by atoms with Crippen LogP contribution in [0.1, 0.15) is 18.9 Å². The number of benzene rings is 1. The van der Waals surface area contributed by atoms with Gasteiger partial charge in [0.2, 0.25) is 0 Å². The van der Waals surface area contributed by atoms with Gasteiger partial charge in [0, 0.05) is 19.5 Å². The average molecular weight is 280 g/mol. The van der Waals surface area contributed by atoms with E-state index in [4.69, 9.17) is 16.3 Å². The lowest BCUT2D eigenvalue weighted by Gasteiger charge is -2.35. The van der Waals surface area contributed by atoms with Crippen LogP contribution in [0.2, 0.25) is 0 Å². The summed E-state index contributed by atoms with van der Waals surface area (Å²) in [5.74, 6) is 1.40. The Hall–Kier alpha value is -1.22. The first-order chi connectivity index (χ1) is 9.15. The van der Waals surface area contributed by atoms with Gasteiger partial charge in [-0.15, -0.1) is 11.6 Å². The molecular weight excluding hydrogens is 262 g/mol. The fraction of sp³-hybridized carbons (Fsp3) is 0.533. The number of carbonyl (C=O) groups excluding carboxylic acids is 1. The second-order valence-corrected chi connectivity index (χ2v) is 6.05. The number of para-hydroxylation sites is 1. The van der Waals surface area contributed by atoms with Crippen molar-refractivity contribution in [1.29, 1.82) is 0 Å². The van der Waals surface area contributed by atoms with Gasteiger partial charge in [0.1, 0.15) is 5.75 Å². The van der Waals surface area contributed by atoms with Gasteiger partial charge in [0.15, 0.2) is 6.10 Å². The largest absolute Gasteiger partial charge is 0.480 e. The van der Waals surface area contributed by atoms with Crippen molar-refractivity contribution in [2.24, 2.45) is 5.92 Å². The molecule has 1 aromatic carbocycles. The van der Waals surface area contributed by atoms with Crippen LogP contribution in [-0.2, 0) is 11.2 Å². The lowest BCUT2D eigenvalue weighted by atomic mass is 9.98. The number of hydrogen-bond acceptors (Lipinski definition) is 2. The number of hydrogen-bond donors (Lipinski definition) is 0. The van der Waals surface area contributed by atoms with Gasteiger partial charge in [-0.05, 0) is 24.0 Å². The van der Waals surface area contributed by atoms with Crippen LogP contribution >= 0.6 is 11.6 Å². The van der Waals surface area contributed by atoms with E-state index < -0.39 is 0 Å². The molecule has 3 rings (SSSR count). The third-order valence-electron chi connectivity index (χ3n) is 4.10. The highest BCUT2D eigenvalue weighted by Gasteiger charge is 2.35. The van der Waals surface area contributed by atoms with Crippen molar-refractivity contribution >= 4 is 17.5 Å². The van der Waals surface area contributed by atoms with Gasteiger partial charge in [0.05, 0.1) is 5.38 Å². The Morgan fingerprint density at radius 2 is 2.21 bits per heavy atom. The molecule has 19 heavy (non-hydrogen) atoms. The Labute approximate surface area is 118 Å². The fourth-order valence-corrected chi connectivity index (χ4v) is 3.04. The third kappa shape index (κ3) is 2.44. The summed E-state index contributed by atoms with van der Waals surface area (Å²) in [6, 6.07) is 7.85. The number of nitrogens with zero attached hydrogens (tertiary/aromatic N) is 1. The maximum absolute atomic E-state index is 12.5. The summed E-state index contributed by atoms with van der Waals surface area (Å²) in [6.45, 7) is 3.57. The molecule has 1 fully saturated rings. The summed E-state index contributed by atoms with van der Waals surface area (Å²) in [6.07, 6.45) is 1.28. The maximum atomic E-state index is 12.5. The standard InChI is InChI=1S/C15H18ClNO2/c1-10-6-7-17(9-12(10)16)15(18)14-8-11-4-2-3-5-13(11)19-14/h2-5,10,12,14H,6-9H2,1H3. The second-order valence-electron chi connectivity index (χ2n) is 5.48. The van der Waals surface area contributed by atoms with Crippen molar-refractivity contribution in [3.63, 3.8) is 0 Å². The molecule has 3 nitrogen and oxygen atoms in total. The molecule has 3 unspecified atom stereocenters. The molecule has 2 aliphatic heterocycles. The molecule has 0 saturated carbocycles. The summed E-state index contributed by atoms with van der Waals surface area (Å²) in [5.41, 5.74) is 1.12. The summed E-state index contributed by atoms with van der Waals surface area (Å²) in [7, 11) is 0. The predicted molar refractivity (Wildman–Crippen MR) is 74.6 cm³/mol. The smallest absolute Gasteiger partial charge is 0.264 e. The molecule has 3 atom stereocenters. The number of carbonyl (C=O) groups is 1. The minimum Gasteiger partial charge on any atom is -0.480 e. The first-order valence-corrected chi connectivity index (χ1v) is 7.26. The van der Waals surface area contributed by atoms with Crippen molar-refractivity contribution in [1.82, 2.24) is 4.90 Å². The number of halogens is 1. The number of likely N-dealkylation sites (tertiary alicyclic amines) is 1. The zero-order valence-electron chi connectivity index (χ0n) is 11.0. The SMILES string of the molecule is CC1CCN(C(=O)C2Cc3ccccc3O2)CC1Cl. The number of ether oxygens (including phenoxy) is 1. The summed E-state index contributed by atoms with van der Waals surface area (Å²) >= 11 is 6.27. The number of piperidine rings is 1. The minimum atomic E-state index is -0.366. The van der Waals surface area contributed by atoms with Crippen molar-refractivity contribution in [2.45, 2.75) is 31.2 Å². The van der Waals surface area contributed by atoms with E-state index in [1.165, 1.54) is 0 Å². The lowest BCUT2D eigenvalue weighted by molar-refractivity contribution is -0.139. The van der Waals surface area contributed by atoms with Crippen LogP contribution in [0.4, 0.5) is 0 Å². The van der Waals surface area contributed by atoms with Crippen LogP contribution in [0.15, 0.2) is 24.3 Å². The van der Waals surface area contributed by atoms with Gasteiger partial charge in [-0.2, -0.15) is 0 Å². The quantitative estimate of drug-likeness (QED) is 0.739. The second kappa shape index (κ2) is 5.04. The van der Waals surface area contributed by atoms with Gasteiger partial charge in [0.25, 0.3) is 5.91 Å². The van der Waals surface area contributed by atoms with Crippen LogP contribution < -0.4 is 4.74 Å². The fourth-order valence-electron chi connectivity index (χ4n) is 2.75. The highest BCUT2D eigenvalue weighted by atomic mass is 35.5. The first-order valence-electron chi connectivity index (χ1n) is 6.82. The van der Waals surface area contributed by atoms with Gasteiger partial charge in [-0.25, -0.2) is 0 Å². The van der Waals surface area contributed by atoms with Crippen molar-refractivity contribution in [3.05, 3.63) is 29.8 Å². The molecule has 4 heteroatoms. The molecule has 2 heterocycles. The Bertz CT molecular complexity index is 466. The molecule has 1 aromatic rings. The molecule has 0 N–H and O–H groups in total. The van der Waals surface area contributed by atoms with Crippen molar-refractivity contribution in [2.75, 3.05) is 13.1 Å². The number of alkyl halides is 1. The zero-order valence-corrected chi connectivity index (χ0v) is 11.8. The topological polar surface area (TPSA) is 29.5 Å². The number of fused-ring (bicyclic) bond motifs is 1. The van der Waals surface area contributed by atoms with E-state index >= 15 is 0 Å². The molecule has 0 aliphatic carbocycles. The van der Waals surface area contributed by atoms with Crippen LogP contribution in [-0.4, -0.2) is 35.4 Å². The molecule has 0 aromatic heterocycles. The lowest BCUT2D eigenvalue weighted by Crippen LogP contribution is -2.48. The van der Waals surface area contributed by atoms with Gasteiger partial charge in [-0.1, -0.05) is 25.1 Å². The normalized spacial score (nSPS) is 29.8. The van der Waals surface area contributed by atoms with Crippen molar-refractivity contribution < 1.29 is 9.53 Å². The van der Waals surface area contributed by atoms with E-state index in [0.29, 0.717) is 18.9 Å². The van der Waals surface area contributed by atoms with E-state index in [9.17, 15) is 4.79 Å². The van der Waals surface area contributed by atoms with Crippen LogP contribution in [0.25, 0.3) is 0 Å². The summed E-state index contributed by atoms with van der Waals surface area (Å²) < 4.78 is 5.75. The van der Waals surface area contributed by atoms with E-state index in [2.05, 4.69) is 6.92 Å². The predicted octanol–water partition coefficient (Wildman–Crippen LogP) is 2.47. The molecule has 0 bridgehead atoms. The van der Waals surface area contributed by atoms with Gasteiger partial charge >= 0.3 is 0 Å². The van der Waals surface area contributed by atoms with E-state index in [-0.39, 0.29) is 17.4 Å². The molecule has 102 valence electrons. The first kappa shape index (κ1) is 12.8. The monoisotopic (exact) mass is 279 g/mol. The average Bonchev–Trinajstić information content (AvgIpc) is 2.85. The number of amides is 1. The van der Waals surface area contributed by atoms with Gasteiger partial charge in [-0.3, -0.25) is 4.79 Å². The van der Waals surface area contributed by atoms with E-state index in [1.54, 1.807) is 0 Å². The van der Waals surface area contributed by atoms with Crippen LogP contribution in [0.5, 0.6) is 5.75 Å². The minimum absolute atomic E-state index is 0.0569. The molecule has 0 spiro atoms. The number of rotatable bonds is 1. The molecule has 1 saturated heterocycles. The molecule has 0 radical (unpaired) electrons. The Morgan fingerprint density at radius 1 is 1.42 bits per heavy atom. The molecule has 2 aliphatic rings. The van der Waals surface area contributed by atoms with Crippen LogP contribution in [0.3, 0.4) is 0 Å². The Kier molecular flexibility index (Phi) is 3.40. The highest BCUT2D eigenvalue weighted by Crippen LogP contribution is 2.30. The Morgan fingerprint density at radius 3 is 2.95 bits per heavy atom. The molecule has 1 amide bonds. The van der Waals surface area contributed by atoms with E-state index in [1.807, 2.05) is 29.2 Å². The third-order valence-corrected chi connectivity index (χ3v) is 4.67.